The number of carbonyl (C=O) groups excluding carboxylic acids is 1. The first-order chi connectivity index (χ1) is 20.2. The third kappa shape index (κ3) is 4.89. The monoisotopic (exact) mass is 532 g/mol. The molecule has 7 heteroatoms. The van der Waals surface area contributed by atoms with Gasteiger partial charge in [0.2, 0.25) is 5.91 Å². The maximum atomic E-state index is 12.6. The Balaban J connectivity index is 1.20. The average molecular weight is 533 g/mol. The van der Waals surface area contributed by atoms with E-state index < -0.39 is 0 Å². The molecule has 1 aliphatic rings. The molecular weight excluding hydrogens is 508 g/mol. The summed E-state index contributed by atoms with van der Waals surface area (Å²) >= 11 is 0. The van der Waals surface area contributed by atoms with Gasteiger partial charge in [0.15, 0.2) is 5.65 Å². The fraction of sp³-hybridized carbons (Fsp3) is 0.0294. The van der Waals surface area contributed by atoms with Crippen LogP contribution in [0.5, 0.6) is 0 Å². The topological polar surface area (TPSA) is 99.4 Å². The van der Waals surface area contributed by atoms with Crippen LogP contribution in [0.25, 0.3) is 45.2 Å². The Bertz CT molecular complexity index is 1990. The summed E-state index contributed by atoms with van der Waals surface area (Å²) in [5.41, 5.74) is 13.0. The minimum atomic E-state index is -0.0615. The maximum Gasteiger partial charge on any atom is 0.228 e. The molecule has 7 rings (SSSR count). The molecule has 4 aromatic heterocycles. The Morgan fingerprint density at radius 1 is 0.902 bits per heavy atom. The molecule has 0 saturated carbocycles. The van der Waals surface area contributed by atoms with Gasteiger partial charge in [0.05, 0.1) is 23.5 Å². The first-order valence-electron chi connectivity index (χ1n) is 13.3. The Hall–Kier alpha value is -5.78. The lowest BCUT2D eigenvalue weighted by molar-refractivity contribution is -0.115. The average Bonchev–Trinajstić information content (AvgIpc) is 3.57. The fourth-order valence-electron chi connectivity index (χ4n) is 5.06. The number of amides is 1. The van der Waals surface area contributed by atoms with Crippen LogP contribution < -0.4 is 5.32 Å². The molecule has 4 heterocycles. The van der Waals surface area contributed by atoms with Crippen molar-refractivity contribution in [3.63, 3.8) is 0 Å². The minimum Gasteiger partial charge on any atom is -0.353 e. The number of aromatic amines is 2. The van der Waals surface area contributed by atoms with E-state index in [1.165, 1.54) is 0 Å². The van der Waals surface area contributed by atoms with Crippen LogP contribution in [0.3, 0.4) is 0 Å². The van der Waals surface area contributed by atoms with Crippen molar-refractivity contribution in [2.45, 2.75) is 6.42 Å². The summed E-state index contributed by atoms with van der Waals surface area (Å²) in [6.45, 7) is 0. The van der Waals surface area contributed by atoms with Gasteiger partial charge in [0.25, 0.3) is 0 Å². The van der Waals surface area contributed by atoms with Crippen LogP contribution in [0.1, 0.15) is 22.5 Å². The molecule has 41 heavy (non-hydrogen) atoms. The second-order valence-electron chi connectivity index (χ2n) is 9.77. The van der Waals surface area contributed by atoms with E-state index in [0.29, 0.717) is 12.1 Å². The molecule has 1 aliphatic carbocycles. The van der Waals surface area contributed by atoms with Gasteiger partial charge in [-0.15, -0.1) is 5.73 Å². The molecule has 0 bridgehead atoms. The number of H-pyrrole nitrogens is 2. The van der Waals surface area contributed by atoms with Crippen molar-refractivity contribution in [1.29, 1.82) is 0 Å². The van der Waals surface area contributed by atoms with Gasteiger partial charge < -0.3 is 10.3 Å². The molecule has 1 amide bonds. The van der Waals surface area contributed by atoms with E-state index in [9.17, 15) is 4.79 Å². The summed E-state index contributed by atoms with van der Waals surface area (Å²) in [4.78, 5) is 25.3. The standard InChI is InChI=1S/C34H24N6O/c41-32(17-22-9-2-1-3-10-22)37-25-12-8-11-23(18-25)24-19-28-33(39-40-34(28)36-21-24)31-20-27-26(29-14-6-7-16-35-29)13-4-5-15-30(27)38-31/h1-4,6-16,18-21,38H,17H2,(H,37,41)(H,36,39,40). The van der Waals surface area contributed by atoms with Gasteiger partial charge in [-0.3, -0.25) is 14.9 Å². The molecule has 196 valence electrons. The molecule has 0 saturated heterocycles. The number of nitrogens with zero attached hydrogens (tertiary/aromatic N) is 3. The zero-order valence-corrected chi connectivity index (χ0v) is 21.9. The lowest BCUT2D eigenvalue weighted by Gasteiger charge is -2.08. The van der Waals surface area contributed by atoms with Gasteiger partial charge in [-0.05, 0) is 59.7 Å². The predicted octanol–water partition coefficient (Wildman–Crippen LogP) is 6.81. The number of benzene rings is 2. The number of aromatic nitrogens is 5. The van der Waals surface area contributed by atoms with E-state index >= 15 is 0 Å². The molecule has 0 fully saturated rings. The van der Waals surface area contributed by atoms with Gasteiger partial charge in [0.1, 0.15) is 5.69 Å². The van der Waals surface area contributed by atoms with Crippen LogP contribution in [0.15, 0.2) is 115 Å². The van der Waals surface area contributed by atoms with Gasteiger partial charge in [-0.2, -0.15) is 5.10 Å². The van der Waals surface area contributed by atoms with Crippen molar-refractivity contribution in [2.75, 3.05) is 5.32 Å². The van der Waals surface area contributed by atoms with Crippen LogP contribution >= 0.6 is 0 Å². The minimum absolute atomic E-state index is 0.0615. The summed E-state index contributed by atoms with van der Waals surface area (Å²) in [5, 5.41) is 11.6. The Labute approximate surface area is 236 Å². The highest BCUT2D eigenvalue weighted by Crippen LogP contribution is 2.35. The van der Waals surface area contributed by atoms with Crippen LogP contribution in [-0.4, -0.2) is 31.1 Å². The van der Waals surface area contributed by atoms with E-state index in [2.05, 4.69) is 48.3 Å². The van der Waals surface area contributed by atoms with Gasteiger partial charge in [0, 0.05) is 46.2 Å². The SMILES string of the molecule is O=C(Cc1ccccc1)Nc1cccc(-c2cnc3[nH]nc(-c4cc5c([nH]4)C=C=CC=C5c4ccccn4)c3c2)c1. The van der Waals surface area contributed by atoms with E-state index in [1.807, 2.05) is 97.2 Å². The molecule has 0 spiro atoms. The molecule has 0 unspecified atom stereocenters. The number of pyridine rings is 2. The highest BCUT2D eigenvalue weighted by molar-refractivity contribution is 5.96. The second-order valence-corrected chi connectivity index (χ2v) is 9.77. The van der Waals surface area contributed by atoms with Crippen molar-refractivity contribution < 1.29 is 4.79 Å². The number of hydrogen-bond acceptors (Lipinski definition) is 4. The van der Waals surface area contributed by atoms with Crippen molar-refractivity contribution in [3.8, 4) is 22.5 Å². The van der Waals surface area contributed by atoms with Crippen molar-refractivity contribution in [3.05, 3.63) is 138 Å². The second kappa shape index (κ2) is 10.4. The molecule has 6 aromatic rings. The van der Waals surface area contributed by atoms with Crippen molar-refractivity contribution in [1.82, 2.24) is 25.1 Å². The molecule has 3 N–H and O–H groups in total. The zero-order chi connectivity index (χ0) is 27.6. The zero-order valence-electron chi connectivity index (χ0n) is 21.9. The Morgan fingerprint density at radius 3 is 2.68 bits per heavy atom. The Kier molecular flexibility index (Phi) is 6.17. The molecule has 0 radical (unpaired) electrons. The van der Waals surface area contributed by atoms with Crippen LogP contribution in [-0.2, 0) is 11.2 Å². The highest BCUT2D eigenvalue weighted by Gasteiger charge is 2.19. The van der Waals surface area contributed by atoms with Gasteiger partial charge >= 0.3 is 0 Å². The molecular formula is C34H24N6O. The van der Waals surface area contributed by atoms with E-state index in [0.717, 1.165) is 61.7 Å². The van der Waals surface area contributed by atoms with E-state index in [-0.39, 0.29) is 5.91 Å². The Morgan fingerprint density at radius 2 is 1.80 bits per heavy atom. The first-order valence-corrected chi connectivity index (χ1v) is 13.3. The molecule has 2 aromatic carbocycles. The van der Waals surface area contributed by atoms with Crippen molar-refractivity contribution in [2.24, 2.45) is 0 Å². The smallest absolute Gasteiger partial charge is 0.228 e. The number of allylic oxidation sites excluding steroid dienone is 2. The summed E-state index contributed by atoms with van der Waals surface area (Å²) in [5.74, 6) is -0.0615. The largest absolute Gasteiger partial charge is 0.353 e. The fourth-order valence-corrected chi connectivity index (χ4v) is 5.06. The third-order valence-electron chi connectivity index (χ3n) is 7.01. The van der Waals surface area contributed by atoms with E-state index in [1.54, 1.807) is 6.20 Å². The quantitative estimate of drug-likeness (QED) is 0.205. The summed E-state index contributed by atoms with van der Waals surface area (Å²) in [6, 6.07) is 27.6. The normalized spacial score (nSPS) is 12.1. The number of fused-ring (bicyclic) bond motifs is 2. The number of nitrogens with one attached hydrogen (secondary N) is 3. The molecule has 0 aliphatic heterocycles. The summed E-state index contributed by atoms with van der Waals surface area (Å²) in [6.07, 6.45) is 9.78. The maximum absolute atomic E-state index is 12.6. The predicted molar refractivity (Wildman–Crippen MR) is 162 cm³/mol. The van der Waals surface area contributed by atoms with Gasteiger partial charge in [-0.1, -0.05) is 48.5 Å². The lowest BCUT2D eigenvalue weighted by Crippen LogP contribution is -2.14. The lowest BCUT2D eigenvalue weighted by atomic mass is 10.0. The first kappa shape index (κ1) is 24.3. The van der Waals surface area contributed by atoms with E-state index in [4.69, 9.17) is 0 Å². The van der Waals surface area contributed by atoms with Crippen LogP contribution in [0, 0.1) is 0 Å². The third-order valence-corrected chi connectivity index (χ3v) is 7.01. The van der Waals surface area contributed by atoms with Crippen molar-refractivity contribution >= 4 is 34.3 Å². The summed E-state index contributed by atoms with van der Waals surface area (Å²) in [7, 11) is 0. The van der Waals surface area contributed by atoms with Crippen LogP contribution in [0.2, 0.25) is 0 Å². The number of carbonyl (C=O) groups is 1. The summed E-state index contributed by atoms with van der Waals surface area (Å²) < 4.78 is 0. The molecule has 7 nitrogen and oxygen atoms in total. The number of hydrogen-bond donors (Lipinski definition) is 3. The number of anilines is 1. The molecule has 0 atom stereocenters. The number of rotatable bonds is 6. The van der Waals surface area contributed by atoms with Gasteiger partial charge in [-0.25, -0.2) is 4.98 Å². The van der Waals surface area contributed by atoms with Crippen LogP contribution in [0.4, 0.5) is 5.69 Å². The highest BCUT2D eigenvalue weighted by atomic mass is 16.1.